The van der Waals surface area contributed by atoms with Crippen molar-refractivity contribution < 1.29 is 18.3 Å². The minimum absolute atomic E-state index is 0.00728. The van der Waals surface area contributed by atoms with E-state index < -0.39 is 11.6 Å². The van der Waals surface area contributed by atoms with Gasteiger partial charge in [0.1, 0.15) is 0 Å². The molecular weight excluding hydrogens is 394 g/mol. The third kappa shape index (κ3) is 7.08. The second-order valence-electron chi connectivity index (χ2n) is 9.91. The summed E-state index contributed by atoms with van der Waals surface area (Å²) >= 11 is 0. The summed E-state index contributed by atoms with van der Waals surface area (Å²) in [6.07, 6.45) is 16.4. The number of unbranched alkanes of at least 4 members (excludes halogenated alkanes) is 2. The molecule has 1 aromatic rings. The lowest BCUT2D eigenvalue weighted by Crippen LogP contribution is -2.27. The number of ether oxygens (including phenoxy) is 2. The second kappa shape index (κ2) is 12.6. The summed E-state index contributed by atoms with van der Waals surface area (Å²) < 4.78 is 39.6. The monoisotopic (exact) mass is 436 g/mol. The summed E-state index contributed by atoms with van der Waals surface area (Å²) in [6.45, 7) is 5.19. The van der Waals surface area contributed by atoms with Crippen LogP contribution in [0.15, 0.2) is 12.1 Å². The highest BCUT2D eigenvalue weighted by atomic mass is 19.2. The summed E-state index contributed by atoms with van der Waals surface area (Å²) in [6, 6.07) is 2.99. The van der Waals surface area contributed by atoms with Gasteiger partial charge < -0.3 is 9.47 Å². The average molecular weight is 437 g/mol. The van der Waals surface area contributed by atoms with Crippen molar-refractivity contribution in [2.45, 2.75) is 97.3 Å². The molecule has 2 aliphatic carbocycles. The van der Waals surface area contributed by atoms with Crippen LogP contribution in [-0.2, 0) is 0 Å². The summed E-state index contributed by atoms with van der Waals surface area (Å²) in [5, 5.41) is 0. The highest BCUT2D eigenvalue weighted by molar-refractivity contribution is 5.35. The Hall–Kier alpha value is -1.32. The van der Waals surface area contributed by atoms with E-state index in [9.17, 15) is 8.78 Å². The van der Waals surface area contributed by atoms with Gasteiger partial charge in [0.15, 0.2) is 11.5 Å². The average Bonchev–Trinajstić information content (AvgIpc) is 2.81. The maximum atomic E-state index is 14.4. The molecule has 0 spiro atoms. The van der Waals surface area contributed by atoms with Gasteiger partial charge in [0.2, 0.25) is 11.6 Å². The predicted molar refractivity (Wildman–Crippen MR) is 123 cm³/mol. The van der Waals surface area contributed by atoms with Crippen LogP contribution in [0.3, 0.4) is 0 Å². The Morgan fingerprint density at radius 3 is 1.77 bits per heavy atom. The molecule has 0 bridgehead atoms. The van der Waals surface area contributed by atoms with Gasteiger partial charge in [-0.2, -0.15) is 8.78 Å². The number of hydrogen-bond acceptors (Lipinski definition) is 2. The molecule has 4 heteroatoms. The van der Waals surface area contributed by atoms with Crippen LogP contribution < -0.4 is 9.47 Å². The summed E-state index contributed by atoms with van der Waals surface area (Å²) in [5.41, 5.74) is 0. The zero-order valence-corrected chi connectivity index (χ0v) is 19.6. The van der Waals surface area contributed by atoms with Gasteiger partial charge >= 0.3 is 0 Å². The van der Waals surface area contributed by atoms with Gasteiger partial charge in [-0.25, -0.2) is 0 Å². The third-order valence-electron chi connectivity index (χ3n) is 7.66. The predicted octanol–water partition coefficient (Wildman–Crippen LogP) is 8.33. The largest absolute Gasteiger partial charge is 0.490 e. The van der Waals surface area contributed by atoms with Gasteiger partial charge in [-0.1, -0.05) is 52.4 Å². The topological polar surface area (TPSA) is 18.5 Å². The standard InChI is InChI=1S/C27H42F2O2/c1-3-5-7-20-8-12-22(13-9-20)23-14-10-21(11-15-23)19-31-25-17-16-24(26(28)27(25)29)30-18-6-4-2/h16-17,20-23H,3-15,18-19H2,1-2H3/t20-,21-,22-,23-. The fourth-order valence-corrected chi connectivity index (χ4v) is 5.54. The maximum absolute atomic E-state index is 14.4. The molecule has 1 aromatic carbocycles. The molecule has 0 atom stereocenters. The van der Waals surface area contributed by atoms with E-state index in [-0.39, 0.29) is 11.5 Å². The molecule has 0 saturated heterocycles. The number of halogens is 2. The van der Waals surface area contributed by atoms with Crippen molar-refractivity contribution in [1.29, 1.82) is 0 Å². The first-order valence-corrected chi connectivity index (χ1v) is 12.9. The van der Waals surface area contributed by atoms with Crippen LogP contribution in [0.2, 0.25) is 0 Å². The zero-order valence-electron chi connectivity index (χ0n) is 19.6. The smallest absolute Gasteiger partial charge is 0.204 e. The van der Waals surface area contributed by atoms with E-state index in [0.29, 0.717) is 19.1 Å². The van der Waals surface area contributed by atoms with Crippen LogP contribution >= 0.6 is 0 Å². The zero-order chi connectivity index (χ0) is 22.1. The van der Waals surface area contributed by atoms with Crippen LogP contribution in [0.25, 0.3) is 0 Å². The van der Waals surface area contributed by atoms with Crippen LogP contribution in [0.4, 0.5) is 8.78 Å². The van der Waals surface area contributed by atoms with Crippen LogP contribution in [-0.4, -0.2) is 13.2 Å². The summed E-state index contributed by atoms with van der Waals surface area (Å²) in [5.74, 6) is 1.30. The van der Waals surface area contributed by atoms with Gasteiger partial charge in [-0.15, -0.1) is 0 Å². The van der Waals surface area contributed by atoms with E-state index in [1.54, 1.807) is 0 Å². The number of hydrogen-bond donors (Lipinski definition) is 0. The minimum atomic E-state index is -0.938. The molecule has 0 aliphatic heterocycles. The molecule has 2 saturated carbocycles. The molecule has 0 N–H and O–H groups in total. The quantitative estimate of drug-likeness (QED) is 0.325. The highest BCUT2D eigenvalue weighted by Crippen LogP contribution is 2.42. The lowest BCUT2D eigenvalue weighted by Gasteiger charge is -2.38. The van der Waals surface area contributed by atoms with E-state index in [1.807, 2.05) is 6.92 Å². The lowest BCUT2D eigenvalue weighted by atomic mass is 9.69. The Morgan fingerprint density at radius 2 is 1.23 bits per heavy atom. The number of benzene rings is 1. The fraction of sp³-hybridized carbons (Fsp3) is 0.778. The van der Waals surface area contributed by atoms with E-state index in [1.165, 1.54) is 69.9 Å². The maximum Gasteiger partial charge on any atom is 0.204 e. The van der Waals surface area contributed by atoms with Crippen molar-refractivity contribution in [1.82, 2.24) is 0 Å². The van der Waals surface area contributed by atoms with Gasteiger partial charge in [0.05, 0.1) is 13.2 Å². The molecule has 3 rings (SSSR count). The lowest BCUT2D eigenvalue weighted by molar-refractivity contribution is 0.120. The first-order valence-electron chi connectivity index (χ1n) is 12.9. The molecule has 31 heavy (non-hydrogen) atoms. The van der Waals surface area contributed by atoms with Crippen molar-refractivity contribution in [3.05, 3.63) is 23.8 Å². The van der Waals surface area contributed by atoms with E-state index in [4.69, 9.17) is 9.47 Å². The van der Waals surface area contributed by atoms with E-state index in [0.717, 1.165) is 43.4 Å². The molecule has 0 amide bonds. The molecule has 0 radical (unpaired) electrons. The van der Waals surface area contributed by atoms with Crippen molar-refractivity contribution in [3.8, 4) is 11.5 Å². The summed E-state index contributed by atoms with van der Waals surface area (Å²) in [7, 11) is 0. The van der Waals surface area contributed by atoms with Crippen molar-refractivity contribution in [3.63, 3.8) is 0 Å². The fourth-order valence-electron chi connectivity index (χ4n) is 5.54. The molecule has 2 fully saturated rings. The molecule has 0 aromatic heterocycles. The van der Waals surface area contributed by atoms with Crippen molar-refractivity contribution in [2.24, 2.45) is 23.7 Å². The first kappa shape index (κ1) is 24.3. The van der Waals surface area contributed by atoms with Crippen molar-refractivity contribution in [2.75, 3.05) is 13.2 Å². The Balaban J connectivity index is 1.39. The van der Waals surface area contributed by atoms with E-state index >= 15 is 0 Å². The highest BCUT2D eigenvalue weighted by Gasteiger charge is 2.31. The SMILES string of the molecule is CCCCOc1ccc(OC[C@H]2CC[C@H]([C@H]3CC[C@H](CCCC)CC3)CC2)c(F)c1F. The molecule has 0 heterocycles. The van der Waals surface area contributed by atoms with Crippen molar-refractivity contribution >= 4 is 0 Å². The van der Waals surface area contributed by atoms with E-state index in [2.05, 4.69) is 6.92 Å². The van der Waals surface area contributed by atoms with Gasteiger partial charge in [0, 0.05) is 0 Å². The summed E-state index contributed by atoms with van der Waals surface area (Å²) in [4.78, 5) is 0. The van der Waals surface area contributed by atoms with Crippen LogP contribution in [0.5, 0.6) is 11.5 Å². The second-order valence-corrected chi connectivity index (χ2v) is 9.91. The molecule has 2 aliphatic rings. The van der Waals surface area contributed by atoms with Crippen LogP contribution in [0.1, 0.15) is 97.3 Å². The molecule has 0 unspecified atom stereocenters. The molecule has 176 valence electrons. The Morgan fingerprint density at radius 1 is 0.710 bits per heavy atom. The first-order chi connectivity index (χ1) is 15.1. The molecule has 2 nitrogen and oxygen atoms in total. The Labute approximate surface area is 188 Å². The third-order valence-corrected chi connectivity index (χ3v) is 7.66. The van der Waals surface area contributed by atoms with Gasteiger partial charge in [-0.3, -0.25) is 0 Å². The molecular formula is C27H42F2O2. The number of rotatable bonds is 11. The Kier molecular flexibility index (Phi) is 9.93. The van der Waals surface area contributed by atoms with Crippen LogP contribution in [0, 0.1) is 35.3 Å². The van der Waals surface area contributed by atoms with Gasteiger partial charge in [-0.05, 0) is 80.8 Å². The normalized spacial score (nSPS) is 26.6. The Bertz CT molecular complexity index is 647. The van der Waals surface area contributed by atoms with Gasteiger partial charge in [0.25, 0.3) is 0 Å². The minimum Gasteiger partial charge on any atom is -0.490 e.